The molecular weight excluding hydrogens is 226 g/mol. The lowest BCUT2D eigenvalue weighted by Gasteiger charge is -2.17. The molecule has 0 aliphatic heterocycles. The van der Waals surface area contributed by atoms with Gasteiger partial charge in [-0.3, -0.25) is 0 Å². The fourth-order valence-corrected chi connectivity index (χ4v) is 1.95. The van der Waals surface area contributed by atoms with Gasteiger partial charge in [-0.05, 0) is 19.9 Å². The Morgan fingerprint density at radius 3 is 2.94 bits per heavy atom. The van der Waals surface area contributed by atoms with Crippen molar-refractivity contribution >= 4 is 0 Å². The minimum atomic E-state index is 0.225. The Kier molecular flexibility index (Phi) is 3.99. The number of aromatic amines is 1. The molecule has 18 heavy (non-hydrogen) atoms. The molecular formula is C14H19N3O. The van der Waals surface area contributed by atoms with Gasteiger partial charge in [-0.15, -0.1) is 0 Å². The summed E-state index contributed by atoms with van der Waals surface area (Å²) < 4.78 is 5.40. The summed E-state index contributed by atoms with van der Waals surface area (Å²) >= 11 is 0. The molecule has 1 aromatic heterocycles. The number of hydrogen-bond donors (Lipinski definition) is 2. The lowest BCUT2D eigenvalue weighted by Crippen LogP contribution is -2.19. The quantitative estimate of drug-likeness (QED) is 0.851. The molecule has 0 aliphatic rings. The van der Waals surface area contributed by atoms with Crippen LogP contribution >= 0.6 is 0 Å². The van der Waals surface area contributed by atoms with Crippen LogP contribution in [0.5, 0.6) is 5.75 Å². The molecule has 1 unspecified atom stereocenters. The highest BCUT2D eigenvalue weighted by molar-refractivity contribution is 5.38. The highest BCUT2D eigenvalue weighted by Crippen LogP contribution is 2.26. The molecule has 4 nitrogen and oxygen atoms in total. The molecule has 1 atom stereocenters. The van der Waals surface area contributed by atoms with E-state index in [1.54, 1.807) is 13.4 Å². The summed E-state index contributed by atoms with van der Waals surface area (Å²) in [7, 11) is 1.70. The first-order valence-electron chi connectivity index (χ1n) is 6.06. The minimum absolute atomic E-state index is 0.225. The molecule has 0 bridgehead atoms. The maximum atomic E-state index is 5.40. The van der Waals surface area contributed by atoms with E-state index in [4.69, 9.17) is 4.74 Å². The van der Waals surface area contributed by atoms with Crippen LogP contribution in [0.2, 0.25) is 0 Å². The second-order valence-corrected chi connectivity index (χ2v) is 4.42. The van der Waals surface area contributed by atoms with Gasteiger partial charge in [0.05, 0.1) is 13.4 Å². The van der Waals surface area contributed by atoms with Gasteiger partial charge in [0.2, 0.25) is 0 Å². The van der Waals surface area contributed by atoms with E-state index in [0.29, 0.717) is 0 Å². The number of rotatable bonds is 5. The summed E-state index contributed by atoms with van der Waals surface area (Å²) in [6.45, 7) is 4.98. The van der Waals surface area contributed by atoms with Crippen LogP contribution in [0, 0.1) is 6.92 Å². The smallest absolute Gasteiger partial charge is 0.123 e. The highest BCUT2D eigenvalue weighted by atomic mass is 16.5. The van der Waals surface area contributed by atoms with E-state index in [2.05, 4.69) is 41.3 Å². The van der Waals surface area contributed by atoms with Gasteiger partial charge in [0.1, 0.15) is 5.75 Å². The zero-order chi connectivity index (χ0) is 13.0. The van der Waals surface area contributed by atoms with Crippen LogP contribution < -0.4 is 10.1 Å². The van der Waals surface area contributed by atoms with E-state index in [1.165, 1.54) is 11.1 Å². The van der Waals surface area contributed by atoms with Crippen LogP contribution in [0.25, 0.3) is 0 Å². The Labute approximate surface area is 107 Å². The number of aryl methyl sites for hydroxylation is 1. The molecule has 1 aromatic carbocycles. The monoisotopic (exact) mass is 245 g/mol. The molecule has 1 heterocycles. The number of H-pyrrole nitrogens is 1. The highest BCUT2D eigenvalue weighted by Gasteiger charge is 2.11. The van der Waals surface area contributed by atoms with Crippen molar-refractivity contribution in [2.24, 2.45) is 0 Å². The molecule has 0 spiro atoms. The third-order valence-electron chi connectivity index (χ3n) is 3.01. The molecule has 0 radical (unpaired) electrons. The first-order valence-corrected chi connectivity index (χ1v) is 6.06. The Balaban J connectivity index is 2.08. The Hall–Kier alpha value is -1.81. The predicted octanol–water partition coefficient (Wildman–Crippen LogP) is 2.58. The molecule has 0 fully saturated rings. The largest absolute Gasteiger partial charge is 0.496 e. The minimum Gasteiger partial charge on any atom is -0.496 e. The van der Waals surface area contributed by atoms with E-state index in [0.717, 1.165) is 18.0 Å². The molecule has 4 heteroatoms. The molecule has 2 N–H and O–H groups in total. The Bertz CT molecular complexity index is 494. The Morgan fingerprint density at radius 2 is 2.28 bits per heavy atom. The molecule has 0 aliphatic carbocycles. The average Bonchev–Trinajstić information content (AvgIpc) is 2.89. The van der Waals surface area contributed by atoms with Crippen molar-refractivity contribution in [3.05, 3.63) is 47.5 Å². The standard InChI is InChI=1S/C14H19N3O/c1-10-4-5-14(18-3)13(6-10)11(2)16-8-12-7-15-9-17-12/h4-7,9,11,16H,8H2,1-3H3,(H,15,17). The lowest BCUT2D eigenvalue weighted by atomic mass is 10.0. The zero-order valence-electron chi connectivity index (χ0n) is 11.0. The number of hydrogen-bond acceptors (Lipinski definition) is 3. The van der Waals surface area contributed by atoms with Crippen molar-refractivity contribution in [1.29, 1.82) is 0 Å². The van der Waals surface area contributed by atoms with Gasteiger partial charge in [-0.2, -0.15) is 0 Å². The molecule has 0 saturated heterocycles. The second-order valence-electron chi connectivity index (χ2n) is 4.42. The van der Waals surface area contributed by atoms with Gasteiger partial charge in [0.25, 0.3) is 0 Å². The van der Waals surface area contributed by atoms with Crippen molar-refractivity contribution in [3.63, 3.8) is 0 Å². The number of benzene rings is 1. The van der Waals surface area contributed by atoms with Gasteiger partial charge >= 0.3 is 0 Å². The molecule has 0 amide bonds. The van der Waals surface area contributed by atoms with Crippen molar-refractivity contribution in [2.75, 3.05) is 7.11 Å². The molecule has 2 rings (SSSR count). The van der Waals surface area contributed by atoms with Gasteiger partial charge < -0.3 is 15.0 Å². The lowest BCUT2D eigenvalue weighted by molar-refractivity contribution is 0.401. The maximum Gasteiger partial charge on any atom is 0.123 e. The summed E-state index contributed by atoms with van der Waals surface area (Å²) in [6, 6.07) is 6.45. The van der Waals surface area contributed by atoms with Crippen molar-refractivity contribution < 1.29 is 4.74 Å². The van der Waals surface area contributed by atoms with Gasteiger partial charge in [0, 0.05) is 30.0 Å². The number of ether oxygens (including phenoxy) is 1. The maximum absolute atomic E-state index is 5.40. The third-order valence-corrected chi connectivity index (χ3v) is 3.01. The fourth-order valence-electron chi connectivity index (χ4n) is 1.95. The van der Waals surface area contributed by atoms with Gasteiger partial charge in [-0.1, -0.05) is 17.7 Å². The second kappa shape index (κ2) is 5.69. The average molecular weight is 245 g/mol. The first-order chi connectivity index (χ1) is 8.70. The van der Waals surface area contributed by atoms with Crippen LogP contribution in [-0.4, -0.2) is 17.1 Å². The fraction of sp³-hybridized carbons (Fsp3) is 0.357. The zero-order valence-corrected chi connectivity index (χ0v) is 11.0. The van der Waals surface area contributed by atoms with E-state index in [9.17, 15) is 0 Å². The van der Waals surface area contributed by atoms with Gasteiger partial charge in [0.15, 0.2) is 0 Å². The number of nitrogens with zero attached hydrogens (tertiary/aromatic N) is 1. The van der Waals surface area contributed by atoms with Gasteiger partial charge in [-0.25, -0.2) is 4.98 Å². The van der Waals surface area contributed by atoms with Crippen LogP contribution in [0.15, 0.2) is 30.7 Å². The summed E-state index contributed by atoms with van der Waals surface area (Å²) in [5.74, 6) is 0.921. The van der Waals surface area contributed by atoms with Crippen LogP contribution in [0.3, 0.4) is 0 Å². The number of methoxy groups -OCH3 is 1. The van der Waals surface area contributed by atoms with E-state index in [-0.39, 0.29) is 6.04 Å². The SMILES string of the molecule is COc1ccc(C)cc1C(C)NCc1cnc[nH]1. The van der Waals surface area contributed by atoms with Crippen molar-refractivity contribution in [1.82, 2.24) is 15.3 Å². The molecule has 96 valence electrons. The summed E-state index contributed by atoms with van der Waals surface area (Å²) in [4.78, 5) is 7.08. The number of aromatic nitrogens is 2. The van der Waals surface area contributed by atoms with Crippen molar-refractivity contribution in [3.8, 4) is 5.75 Å². The van der Waals surface area contributed by atoms with E-state index >= 15 is 0 Å². The Morgan fingerprint density at radius 1 is 1.44 bits per heavy atom. The van der Waals surface area contributed by atoms with E-state index < -0.39 is 0 Å². The topological polar surface area (TPSA) is 49.9 Å². The number of nitrogens with one attached hydrogen (secondary N) is 2. The first kappa shape index (κ1) is 12.6. The molecule has 2 aromatic rings. The third kappa shape index (κ3) is 2.90. The summed E-state index contributed by atoms with van der Waals surface area (Å²) in [5, 5.41) is 3.45. The van der Waals surface area contributed by atoms with Crippen molar-refractivity contribution in [2.45, 2.75) is 26.4 Å². The summed E-state index contributed by atoms with van der Waals surface area (Å²) in [5.41, 5.74) is 3.49. The van der Waals surface area contributed by atoms with E-state index in [1.807, 2.05) is 12.3 Å². The van der Waals surface area contributed by atoms with Crippen LogP contribution in [0.1, 0.15) is 29.8 Å². The van der Waals surface area contributed by atoms with Crippen LogP contribution in [-0.2, 0) is 6.54 Å². The molecule has 0 saturated carbocycles. The summed E-state index contributed by atoms with van der Waals surface area (Å²) in [6.07, 6.45) is 3.52. The number of imidazole rings is 1. The normalized spacial score (nSPS) is 12.4. The van der Waals surface area contributed by atoms with Crippen LogP contribution in [0.4, 0.5) is 0 Å². The predicted molar refractivity (Wildman–Crippen MR) is 71.6 cm³/mol.